The van der Waals surface area contributed by atoms with Gasteiger partial charge < -0.3 is 4.90 Å². The van der Waals surface area contributed by atoms with Gasteiger partial charge in [0, 0.05) is 11.7 Å². The van der Waals surface area contributed by atoms with Crippen molar-refractivity contribution >= 4 is 0 Å². The standard InChI is InChI=1S/C17H31N/c1-15(2,3)13-10-11-18(17(7,8)9)14(12-13)16(4,5)6/h10-12,14H,1-9H3. The van der Waals surface area contributed by atoms with E-state index in [0.29, 0.717) is 6.04 Å². The lowest BCUT2D eigenvalue weighted by molar-refractivity contribution is 0.0954. The molecule has 1 aliphatic heterocycles. The van der Waals surface area contributed by atoms with Crippen LogP contribution in [0.15, 0.2) is 23.9 Å². The third kappa shape index (κ3) is 3.40. The Kier molecular flexibility index (Phi) is 3.78. The van der Waals surface area contributed by atoms with Crippen molar-refractivity contribution in [3.05, 3.63) is 23.9 Å². The zero-order valence-corrected chi connectivity index (χ0v) is 13.8. The van der Waals surface area contributed by atoms with Crippen LogP contribution in [-0.2, 0) is 0 Å². The molecule has 1 aliphatic rings. The van der Waals surface area contributed by atoms with Crippen molar-refractivity contribution in [2.75, 3.05) is 0 Å². The Hall–Kier alpha value is -0.720. The highest BCUT2D eigenvalue weighted by Crippen LogP contribution is 2.38. The fraction of sp³-hybridized carbons (Fsp3) is 0.765. The van der Waals surface area contributed by atoms with E-state index < -0.39 is 0 Å². The summed E-state index contributed by atoms with van der Waals surface area (Å²) in [4.78, 5) is 2.49. The SMILES string of the molecule is CC(C)(C)C1=CC(C(C)(C)C)N(C(C)(C)C)C=C1. The topological polar surface area (TPSA) is 3.24 Å². The molecule has 0 fully saturated rings. The molecule has 0 aromatic carbocycles. The Bertz CT molecular complexity index is 353. The van der Waals surface area contributed by atoms with Crippen molar-refractivity contribution in [2.24, 2.45) is 10.8 Å². The Labute approximate surface area is 114 Å². The quantitative estimate of drug-likeness (QED) is 0.584. The van der Waals surface area contributed by atoms with Gasteiger partial charge >= 0.3 is 0 Å². The maximum absolute atomic E-state index is 2.49. The third-order valence-corrected chi connectivity index (χ3v) is 3.58. The summed E-state index contributed by atoms with van der Waals surface area (Å²) < 4.78 is 0. The lowest BCUT2D eigenvalue weighted by atomic mass is 9.77. The maximum Gasteiger partial charge on any atom is 0.0527 e. The summed E-state index contributed by atoms with van der Waals surface area (Å²) >= 11 is 0. The smallest absolute Gasteiger partial charge is 0.0527 e. The van der Waals surface area contributed by atoms with E-state index in [1.165, 1.54) is 5.57 Å². The minimum Gasteiger partial charge on any atom is -0.366 e. The number of nitrogens with zero attached hydrogens (tertiary/aromatic N) is 1. The van der Waals surface area contributed by atoms with E-state index in [1.54, 1.807) is 0 Å². The molecule has 104 valence electrons. The van der Waals surface area contributed by atoms with Gasteiger partial charge in [-0.25, -0.2) is 0 Å². The minimum atomic E-state index is 0.161. The summed E-state index contributed by atoms with van der Waals surface area (Å²) in [6.07, 6.45) is 7.04. The molecule has 0 bridgehead atoms. The van der Waals surface area contributed by atoms with Gasteiger partial charge in [0.15, 0.2) is 0 Å². The predicted octanol–water partition coefficient (Wildman–Crippen LogP) is 5.00. The number of rotatable bonds is 0. The van der Waals surface area contributed by atoms with Crippen LogP contribution in [0.1, 0.15) is 62.3 Å². The van der Waals surface area contributed by atoms with Crippen LogP contribution >= 0.6 is 0 Å². The summed E-state index contributed by atoms with van der Waals surface area (Å²) in [5, 5.41) is 0. The van der Waals surface area contributed by atoms with E-state index in [4.69, 9.17) is 0 Å². The summed E-state index contributed by atoms with van der Waals surface area (Å²) in [5.74, 6) is 0. The van der Waals surface area contributed by atoms with Gasteiger partial charge in [0.2, 0.25) is 0 Å². The van der Waals surface area contributed by atoms with Gasteiger partial charge in [0.25, 0.3) is 0 Å². The largest absolute Gasteiger partial charge is 0.366 e. The second-order valence-corrected chi connectivity index (χ2v) is 8.58. The second kappa shape index (κ2) is 4.43. The highest BCUT2D eigenvalue weighted by atomic mass is 15.2. The number of allylic oxidation sites excluding steroid dienone is 2. The Morgan fingerprint density at radius 3 is 1.72 bits per heavy atom. The summed E-state index contributed by atoms with van der Waals surface area (Å²) in [5.41, 5.74) is 2.08. The molecule has 1 heterocycles. The molecule has 0 N–H and O–H groups in total. The van der Waals surface area contributed by atoms with Crippen LogP contribution in [0.4, 0.5) is 0 Å². The van der Waals surface area contributed by atoms with E-state index in [9.17, 15) is 0 Å². The first-order valence-corrected chi connectivity index (χ1v) is 7.02. The molecule has 0 aromatic rings. The van der Waals surface area contributed by atoms with E-state index in [2.05, 4.69) is 85.6 Å². The van der Waals surface area contributed by atoms with Gasteiger partial charge in [0.1, 0.15) is 0 Å². The Morgan fingerprint density at radius 1 is 0.889 bits per heavy atom. The minimum absolute atomic E-state index is 0.161. The molecule has 0 amide bonds. The molecule has 18 heavy (non-hydrogen) atoms. The fourth-order valence-electron chi connectivity index (χ4n) is 2.37. The lowest BCUT2D eigenvalue weighted by Crippen LogP contribution is -2.50. The van der Waals surface area contributed by atoms with Crippen LogP contribution in [0.25, 0.3) is 0 Å². The molecule has 0 aromatic heterocycles. The summed E-state index contributed by atoms with van der Waals surface area (Å²) in [6, 6.07) is 0.455. The molecule has 1 atom stereocenters. The zero-order chi connectivity index (χ0) is 14.4. The molecular weight excluding hydrogens is 218 g/mol. The van der Waals surface area contributed by atoms with Gasteiger partial charge in [-0.05, 0) is 43.3 Å². The third-order valence-electron chi connectivity index (χ3n) is 3.58. The van der Waals surface area contributed by atoms with Gasteiger partial charge in [-0.3, -0.25) is 0 Å². The molecule has 0 saturated carbocycles. The summed E-state index contributed by atoms with van der Waals surface area (Å²) in [7, 11) is 0. The van der Waals surface area contributed by atoms with E-state index in [1.807, 2.05) is 0 Å². The van der Waals surface area contributed by atoms with Crippen LogP contribution in [0.5, 0.6) is 0 Å². The van der Waals surface area contributed by atoms with Crippen LogP contribution in [0.2, 0.25) is 0 Å². The van der Waals surface area contributed by atoms with E-state index in [0.717, 1.165) is 0 Å². The molecule has 0 saturated heterocycles. The van der Waals surface area contributed by atoms with Crippen molar-refractivity contribution in [2.45, 2.75) is 73.9 Å². The summed E-state index contributed by atoms with van der Waals surface area (Å²) in [6.45, 7) is 20.7. The predicted molar refractivity (Wildman–Crippen MR) is 81.5 cm³/mol. The molecule has 0 radical (unpaired) electrons. The van der Waals surface area contributed by atoms with Gasteiger partial charge in [-0.1, -0.05) is 47.6 Å². The molecule has 1 unspecified atom stereocenters. The average molecular weight is 249 g/mol. The molecular formula is C17H31N. The Morgan fingerprint density at radius 2 is 1.39 bits per heavy atom. The number of hydrogen-bond acceptors (Lipinski definition) is 1. The van der Waals surface area contributed by atoms with Gasteiger partial charge in [-0.2, -0.15) is 0 Å². The van der Waals surface area contributed by atoms with Crippen molar-refractivity contribution in [1.29, 1.82) is 0 Å². The molecule has 1 rings (SSSR count). The highest BCUT2D eigenvalue weighted by Gasteiger charge is 2.36. The normalized spacial score (nSPS) is 22.2. The maximum atomic E-state index is 2.49. The fourth-order valence-corrected chi connectivity index (χ4v) is 2.37. The van der Waals surface area contributed by atoms with Crippen molar-refractivity contribution in [3.8, 4) is 0 Å². The van der Waals surface area contributed by atoms with Crippen LogP contribution in [0, 0.1) is 10.8 Å². The van der Waals surface area contributed by atoms with Crippen molar-refractivity contribution in [3.63, 3.8) is 0 Å². The van der Waals surface area contributed by atoms with E-state index >= 15 is 0 Å². The van der Waals surface area contributed by atoms with E-state index in [-0.39, 0.29) is 16.4 Å². The van der Waals surface area contributed by atoms with Gasteiger partial charge in [0.05, 0.1) is 6.04 Å². The highest BCUT2D eigenvalue weighted by molar-refractivity contribution is 5.31. The average Bonchev–Trinajstić information content (AvgIpc) is 2.12. The molecule has 0 aliphatic carbocycles. The number of hydrogen-bond donors (Lipinski definition) is 0. The first-order valence-electron chi connectivity index (χ1n) is 7.02. The Balaban J connectivity index is 3.18. The second-order valence-electron chi connectivity index (χ2n) is 8.58. The molecule has 0 spiro atoms. The first kappa shape index (κ1) is 15.3. The monoisotopic (exact) mass is 249 g/mol. The van der Waals surface area contributed by atoms with Crippen molar-refractivity contribution < 1.29 is 0 Å². The molecule has 1 nitrogen and oxygen atoms in total. The van der Waals surface area contributed by atoms with Gasteiger partial charge in [-0.15, -0.1) is 0 Å². The lowest BCUT2D eigenvalue weighted by Gasteiger charge is -2.48. The molecule has 1 heteroatoms. The van der Waals surface area contributed by atoms with Crippen LogP contribution < -0.4 is 0 Å². The van der Waals surface area contributed by atoms with Crippen LogP contribution in [0.3, 0.4) is 0 Å². The first-order chi connectivity index (χ1) is 7.83. The van der Waals surface area contributed by atoms with Crippen LogP contribution in [-0.4, -0.2) is 16.5 Å². The zero-order valence-electron chi connectivity index (χ0n) is 13.8. The van der Waals surface area contributed by atoms with Crippen molar-refractivity contribution in [1.82, 2.24) is 4.90 Å².